The largest absolute Gasteiger partial charge is 0.408 e. The van der Waals surface area contributed by atoms with Gasteiger partial charge in [0.25, 0.3) is 11.5 Å². The molecule has 204 valence electrons. The average Bonchev–Trinajstić information content (AvgIpc) is 3.40. The highest BCUT2D eigenvalue weighted by molar-refractivity contribution is 6.08. The van der Waals surface area contributed by atoms with Gasteiger partial charge in [0.05, 0.1) is 23.1 Å². The molecule has 0 spiro atoms. The molecule has 3 N–H and O–H groups in total. The predicted molar refractivity (Wildman–Crippen MR) is 133 cm³/mol. The number of hydrogen-bond acceptors (Lipinski definition) is 6. The lowest BCUT2D eigenvalue weighted by atomic mass is 10.1. The van der Waals surface area contributed by atoms with E-state index < -0.39 is 41.5 Å². The number of amides is 1. The van der Waals surface area contributed by atoms with Crippen molar-refractivity contribution in [1.82, 2.24) is 19.6 Å². The van der Waals surface area contributed by atoms with Crippen molar-refractivity contribution in [3.63, 3.8) is 0 Å². The van der Waals surface area contributed by atoms with E-state index in [0.29, 0.717) is 28.8 Å². The molecular weight excluding hydrogens is 525 g/mol. The summed E-state index contributed by atoms with van der Waals surface area (Å²) in [7, 11) is 0. The van der Waals surface area contributed by atoms with E-state index in [0.717, 1.165) is 35.0 Å². The van der Waals surface area contributed by atoms with Crippen LogP contribution < -0.4 is 21.5 Å². The van der Waals surface area contributed by atoms with Gasteiger partial charge in [0, 0.05) is 30.6 Å². The Morgan fingerprint density at radius 3 is 2.44 bits per heavy atom. The minimum absolute atomic E-state index is 0.0647. The number of anilines is 2. The molecule has 14 heteroatoms. The normalized spacial score (nSPS) is 17.7. The minimum atomic E-state index is -4.50. The molecule has 0 saturated carbocycles. The van der Waals surface area contributed by atoms with E-state index in [1.165, 1.54) is 18.3 Å². The summed E-state index contributed by atoms with van der Waals surface area (Å²) in [4.78, 5) is 27.4. The molecule has 1 saturated heterocycles. The topological polar surface area (TPSA) is 111 Å². The maximum absolute atomic E-state index is 14.3. The summed E-state index contributed by atoms with van der Waals surface area (Å²) in [6.45, 7) is 1.49. The van der Waals surface area contributed by atoms with Crippen molar-refractivity contribution in [1.29, 1.82) is 0 Å². The fourth-order valence-electron chi connectivity index (χ4n) is 4.62. The van der Waals surface area contributed by atoms with Crippen molar-refractivity contribution in [2.24, 2.45) is 11.7 Å². The molecule has 0 bridgehead atoms. The molecule has 4 aromatic rings. The van der Waals surface area contributed by atoms with Gasteiger partial charge >= 0.3 is 6.18 Å². The average molecular weight is 547 g/mol. The number of nitrogens with zero attached hydrogens (tertiary/aromatic N) is 5. The smallest absolute Gasteiger partial charge is 0.367 e. The van der Waals surface area contributed by atoms with Gasteiger partial charge in [-0.3, -0.25) is 14.3 Å². The fraction of sp³-hybridized carbons (Fsp3) is 0.280. The third-order valence-corrected chi connectivity index (χ3v) is 6.54. The maximum Gasteiger partial charge on any atom is 0.408 e. The van der Waals surface area contributed by atoms with E-state index >= 15 is 0 Å². The Balaban J connectivity index is 1.55. The molecule has 2 aromatic carbocycles. The van der Waals surface area contributed by atoms with Gasteiger partial charge in [-0.05, 0) is 36.2 Å². The molecular formula is C25H22F5N7O2. The first-order chi connectivity index (χ1) is 18.4. The summed E-state index contributed by atoms with van der Waals surface area (Å²) in [6, 6.07) is 7.68. The number of halogens is 5. The first-order valence-corrected chi connectivity index (χ1v) is 11.8. The van der Waals surface area contributed by atoms with Gasteiger partial charge in [-0.25, -0.2) is 8.78 Å². The number of fused-ring (bicyclic) bond motifs is 1. The van der Waals surface area contributed by atoms with Gasteiger partial charge < -0.3 is 16.0 Å². The number of alkyl halides is 3. The van der Waals surface area contributed by atoms with E-state index in [4.69, 9.17) is 5.73 Å². The van der Waals surface area contributed by atoms with Crippen molar-refractivity contribution in [3.05, 3.63) is 76.3 Å². The van der Waals surface area contributed by atoms with Gasteiger partial charge in [-0.1, -0.05) is 13.0 Å². The second kappa shape index (κ2) is 9.76. The lowest BCUT2D eigenvalue weighted by molar-refractivity contribution is -0.141. The van der Waals surface area contributed by atoms with Gasteiger partial charge in [-0.2, -0.15) is 28.1 Å². The molecule has 3 heterocycles. The Morgan fingerprint density at radius 1 is 1.08 bits per heavy atom. The highest BCUT2D eigenvalue weighted by Gasteiger charge is 2.32. The third-order valence-electron chi connectivity index (χ3n) is 6.54. The van der Waals surface area contributed by atoms with Gasteiger partial charge in [0.15, 0.2) is 11.6 Å². The Hall–Kier alpha value is -4.33. The van der Waals surface area contributed by atoms with Crippen molar-refractivity contribution in [2.45, 2.75) is 25.7 Å². The van der Waals surface area contributed by atoms with E-state index in [-0.39, 0.29) is 28.9 Å². The second-order valence-electron chi connectivity index (χ2n) is 9.35. The highest BCUT2D eigenvalue weighted by Crippen LogP contribution is 2.38. The monoisotopic (exact) mass is 547 g/mol. The zero-order chi connectivity index (χ0) is 28.1. The maximum atomic E-state index is 14.3. The van der Waals surface area contributed by atoms with Crippen molar-refractivity contribution in [2.75, 3.05) is 23.3 Å². The lowest BCUT2D eigenvalue weighted by Crippen LogP contribution is -2.29. The Morgan fingerprint density at radius 2 is 1.79 bits per heavy atom. The number of aromatic nitrogens is 4. The molecule has 9 nitrogen and oxygen atoms in total. The molecule has 1 amide bonds. The zero-order valence-electron chi connectivity index (χ0n) is 20.4. The number of nitrogens with one attached hydrogen (secondary N) is 1. The Kier molecular flexibility index (Phi) is 6.58. The summed E-state index contributed by atoms with van der Waals surface area (Å²) in [5.41, 5.74) is 5.11. The molecule has 0 unspecified atom stereocenters. The SMILES string of the molecule is C[C@@H]1CN(c2c(NC(=O)c3ccc(=O)n(-c4c(F)cccc4F)n3)ccc3c2cnn3CC(F)(F)F)C[C@@H]1N. The zero-order valence-corrected chi connectivity index (χ0v) is 20.4. The number of hydrogen-bond donors (Lipinski definition) is 2. The predicted octanol–water partition coefficient (Wildman–Crippen LogP) is 3.46. The number of para-hydroxylation sites is 1. The highest BCUT2D eigenvalue weighted by atomic mass is 19.4. The van der Waals surface area contributed by atoms with Gasteiger partial charge in [-0.15, -0.1) is 0 Å². The molecule has 1 aliphatic heterocycles. The van der Waals surface area contributed by atoms with Crippen LogP contribution in [-0.2, 0) is 6.54 Å². The first-order valence-electron chi connectivity index (χ1n) is 11.8. The van der Waals surface area contributed by atoms with Crippen molar-refractivity contribution < 1.29 is 26.7 Å². The van der Waals surface area contributed by atoms with Crippen LogP contribution >= 0.6 is 0 Å². The molecule has 1 fully saturated rings. The fourth-order valence-corrected chi connectivity index (χ4v) is 4.62. The number of benzene rings is 2. The van der Waals surface area contributed by atoms with E-state index in [9.17, 15) is 31.5 Å². The van der Waals surface area contributed by atoms with Crippen molar-refractivity contribution >= 4 is 28.2 Å². The summed E-state index contributed by atoms with van der Waals surface area (Å²) >= 11 is 0. The molecule has 0 aliphatic carbocycles. The number of nitrogens with two attached hydrogens (primary N) is 1. The van der Waals surface area contributed by atoms with Crippen LogP contribution in [0.1, 0.15) is 17.4 Å². The number of carbonyl (C=O) groups is 1. The van der Waals surface area contributed by atoms with Crippen LogP contribution in [0.5, 0.6) is 0 Å². The van der Waals surface area contributed by atoms with E-state index in [1.807, 2.05) is 11.8 Å². The number of carbonyl (C=O) groups excluding carboxylic acids is 1. The van der Waals surface area contributed by atoms with Crippen LogP contribution in [0.2, 0.25) is 0 Å². The lowest BCUT2D eigenvalue weighted by Gasteiger charge is -2.23. The van der Waals surface area contributed by atoms with Crippen molar-refractivity contribution in [3.8, 4) is 5.69 Å². The van der Waals surface area contributed by atoms with Gasteiger partial charge in [0.1, 0.15) is 17.9 Å². The molecule has 39 heavy (non-hydrogen) atoms. The van der Waals surface area contributed by atoms with E-state index in [1.54, 1.807) is 0 Å². The Bertz CT molecular complexity index is 1600. The Labute approximate surface area is 217 Å². The van der Waals surface area contributed by atoms with Crippen LogP contribution in [0.3, 0.4) is 0 Å². The molecule has 5 rings (SSSR count). The summed E-state index contributed by atoms with van der Waals surface area (Å²) in [6.07, 6.45) is -3.21. The molecule has 0 radical (unpaired) electrons. The standard InChI is InChI=1S/C25H22F5N7O2/c1-13-10-35(11-17(13)31)22-14-9-32-36(12-25(28,29)30)20(14)7-5-18(22)33-24(39)19-6-8-21(38)37(34-19)23-15(26)3-2-4-16(23)27/h2-9,13,17H,10-12,31H2,1H3,(H,33,39)/t13-,17+/m1/s1. The van der Waals surface area contributed by atoms with Gasteiger partial charge in [0.2, 0.25) is 0 Å². The van der Waals surface area contributed by atoms with Crippen LogP contribution in [0.15, 0.2) is 53.5 Å². The van der Waals surface area contributed by atoms with Crippen LogP contribution in [-0.4, -0.2) is 50.8 Å². The summed E-state index contributed by atoms with van der Waals surface area (Å²) in [5.74, 6) is -2.86. The summed E-state index contributed by atoms with van der Waals surface area (Å²) < 4.78 is 69.2. The quantitative estimate of drug-likeness (QED) is 0.371. The van der Waals surface area contributed by atoms with E-state index in [2.05, 4.69) is 15.5 Å². The van der Waals surface area contributed by atoms with Crippen LogP contribution in [0.25, 0.3) is 16.6 Å². The minimum Gasteiger partial charge on any atom is -0.367 e. The third kappa shape index (κ3) is 5.06. The number of rotatable bonds is 5. The first kappa shape index (κ1) is 26.3. The summed E-state index contributed by atoms with van der Waals surface area (Å²) in [5, 5.41) is 10.8. The molecule has 2 aromatic heterocycles. The second-order valence-corrected chi connectivity index (χ2v) is 9.35. The van der Waals surface area contributed by atoms with Crippen LogP contribution in [0, 0.1) is 17.6 Å². The van der Waals surface area contributed by atoms with Crippen LogP contribution in [0.4, 0.5) is 33.3 Å². The molecule has 2 atom stereocenters. The molecule has 1 aliphatic rings.